The van der Waals surface area contributed by atoms with E-state index in [1.165, 1.54) is 17.9 Å². The van der Waals surface area contributed by atoms with Crippen molar-refractivity contribution in [2.75, 3.05) is 58.8 Å². The summed E-state index contributed by atoms with van der Waals surface area (Å²) in [6.07, 6.45) is 3.73. The van der Waals surface area contributed by atoms with Gasteiger partial charge in [0.25, 0.3) is 5.91 Å². The molecule has 6 heteroatoms. The van der Waals surface area contributed by atoms with Crippen molar-refractivity contribution in [1.29, 1.82) is 0 Å². The van der Waals surface area contributed by atoms with E-state index in [1.807, 2.05) is 45.4 Å². The number of likely N-dealkylation sites (N-methyl/N-ethyl adjacent to an activating group) is 2. The predicted molar refractivity (Wildman–Crippen MR) is 113 cm³/mol. The summed E-state index contributed by atoms with van der Waals surface area (Å²) < 4.78 is 6.22. The number of piperidine rings is 1. The highest BCUT2D eigenvalue weighted by Gasteiger charge is 2.28. The van der Waals surface area contributed by atoms with Crippen LogP contribution in [-0.2, 0) is 0 Å². The van der Waals surface area contributed by atoms with E-state index in [2.05, 4.69) is 21.6 Å². The number of carbonyl (C=O) groups is 1. The van der Waals surface area contributed by atoms with Gasteiger partial charge in [0.1, 0.15) is 11.9 Å². The van der Waals surface area contributed by atoms with Gasteiger partial charge in [-0.3, -0.25) is 9.69 Å². The maximum Gasteiger partial charge on any atom is 0.253 e. The molecule has 2 aliphatic heterocycles. The van der Waals surface area contributed by atoms with E-state index >= 15 is 0 Å². The number of nitrogens with zero attached hydrogens (tertiary/aromatic N) is 3. The van der Waals surface area contributed by atoms with Crippen LogP contribution in [0, 0.1) is 0 Å². The van der Waals surface area contributed by atoms with Crippen molar-refractivity contribution >= 4 is 17.7 Å². The van der Waals surface area contributed by atoms with Crippen LogP contribution in [0.5, 0.6) is 5.75 Å². The van der Waals surface area contributed by atoms with Gasteiger partial charge in [-0.1, -0.05) is 6.07 Å². The Morgan fingerprint density at radius 1 is 1.19 bits per heavy atom. The monoisotopic (exact) mass is 391 g/mol. The Balaban J connectivity index is 1.51. The summed E-state index contributed by atoms with van der Waals surface area (Å²) in [6, 6.07) is 8.44. The first kappa shape index (κ1) is 20.5. The van der Waals surface area contributed by atoms with Gasteiger partial charge in [-0.25, -0.2) is 0 Å². The summed E-state index contributed by atoms with van der Waals surface area (Å²) in [6.45, 7) is 3.83. The molecular formula is C21H33N3O2S. The summed E-state index contributed by atoms with van der Waals surface area (Å²) in [7, 11) is 5.89. The third kappa shape index (κ3) is 5.87. The summed E-state index contributed by atoms with van der Waals surface area (Å²) in [5, 5.41) is 0. The molecule has 0 radical (unpaired) electrons. The van der Waals surface area contributed by atoms with E-state index in [0.717, 1.165) is 50.8 Å². The lowest BCUT2D eigenvalue weighted by molar-refractivity contribution is 0.0773. The average Bonchev–Trinajstić information content (AvgIpc) is 3.21. The quantitative estimate of drug-likeness (QED) is 0.714. The van der Waals surface area contributed by atoms with Crippen LogP contribution in [0.2, 0.25) is 0 Å². The summed E-state index contributed by atoms with van der Waals surface area (Å²) in [5.41, 5.74) is 0.703. The van der Waals surface area contributed by atoms with Crippen LogP contribution in [-0.4, -0.2) is 91.6 Å². The van der Waals surface area contributed by atoms with Crippen LogP contribution >= 0.6 is 11.8 Å². The zero-order valence-electron chi connectivity index (χ0n) is 16.9. The van der Waals surface area contributed by atoms with Crippen molar-refractivity contribution in [1.82, 2.24) is 14.7 Å². The second kappa shape index (κ2) is 9.80. The van der Waals surface area contributed by atoms with E-state index in [1.54, 1.807) is 4.90 Å². The van der Waals surface area contributed by atoms with Crippen LogP contribution in [0.1, 0.15) is 29.6 Å². The van der Waals surface area contributed by atoms with Crippen LogP contribution in [0.3, 0.4) is 0 Å². The highest BCUT2D eigenvalue weighted by molar-refractivity contribution is 7.99. The fourth-order valence-electron chi connectivity index (χ4n) is 3.74. The number of hydrogen-bond donors (Lipinski definition) is 0. The Hall–Kier alpha value is -1.24. The summed E-state index contributed by atoms with van der Waals surface area (Å²) in [5.74, 6) is 3.47. The normalized spacial score (nSPS) is 21.6. The molecule has 150 valence electrons. The Morgan fingerprint density at radius 2 is 1.96 bits per heavy atom. The van der Waals surface area contributed by atoms with Crippen molar-refractivity contribution < 1.29 is 9.53 Å². The van der Waals surface area contributed by atoms with Gasteiger partial charge in [0.05, 0.1) is 0 Å². The molecule has 0 aromatic heterocycles. The number of carbonyl (C=O) groups excluding carboxylic acids is 1. The number of likely N-dealkylation sites (tertiary alicyclic amines) is 1. The van der Waals surface area contributed by atoms with E-state index in [0.29, 0.717) is 5.56 Å². The second-order valence-corrected chi connectivity index (χ2v) is 9.08. The molecule has 1 amide bonds. The van der Waals surface area contributed by atoms with Crippen LogP contribution < -0.4 is 4.74 Å². The number of ether oxygens (including phenoxy) is 1. The SMILES string of the molecule is CN(C)CCN(C)C(=O)c1cccc(OC2CCN([C@@H]3CCSC3)CC2)c1. The molecule has 0 N–H and O–H groups in total. The molecule has 1 aromatic carbocycles. The minimum Gasteiger partial charge on any atom is -0.490 e. The zero-order chi connectivity index (χ0) is 19.2. The first-order valence-electron chi connectivity index (χ1n) is 10.0. The van der Waals surface area contributed by atoms with Gasteiger partial charge < -0.3 is 14.5 Å². The average molecular weight is 392 g/mol. The van der Waals surface area contributed by atoms with E-state index in [-0.39, 0.29) is 12.0 Å². The molecule has 1 atom stereocenters. The standard InChI is InChI=1S/C21H33N3O2S/c1-22(2)12-13-23(3)21(25)17-5-4-6-20(15-17)26-19-7-10-24(11-8-19)18-9-14-27-16-18/h4-6,15,18-19H,7-14,16H2,1-3H3/t18-/m1/s1. The minimum absolute atomic E-state index is 0.0517. The first-order chi connectivity index (χ1) is 13.0. The third-order valence-electron chi connectivity index (χ3n) is 5.51. The zero-order valence-corrected chi connectivity index (χ0v) is 17.7. The molecule has 2 heterocycles. The van der Waals surface area contributed by atoms with E-state index < -0.39 is 0 Å². The molecule has 2 saturated heterocycles. The van der Waals surface area contributed by atoms with Crippen molar-refractivity contribution in [3.8, 4) is 5.75 Å². The number of benzene rings is 1. The highest BCUT2D eigenvalue weighted by atomic mass is 32.2. The van der Waals surface area contributed by atoms with Gasteiger partial charge in [0.2, 0.25) is 0 Å². The Morgan fingerprint density at radius 3 is 2.63 bits per heavy atom. The fourth-order valence-corrected chi connectivity index (χ4v) is 4.99. The molecule has 0 saturated carbocycles. The Labute approximate surface area is 168 Å². The number of amides is 1. The lowest BCUT2D eigenvalue weighted by Crippen LogP contribution is -2.44. The second-order valence-electron chi connectivity index (χ2n) is 7.93. The molecule has 0 unspecified atom stereocenters. The Bertz CT molecular complexity index is 611. The molecule has 5 nitrogen and oxygen atoms in total. The topological polar surface area (TPSA) is 36.0 Å². The van der Waals surface area contributed by atoms with Crippen molar-refractivity contribution in [2.24, 2.45) is 0 Å². The molecule has 0 aliphatic carbocycles. The number of hydrogen-bond acceptors (Lipinski definition) is 5. The van der Waals surface area contributed by atoms with Crippen LogP contribution in [0.4, 0.5) is 0 Å². The fraction of sp³-hybridized carbons (Fsp3) is 0.667. The molecule has 0 spiro atoms. The van der Waals surface area contributed by atoms with E-state index in [4.69, 9.17) is 4.74 Å². The van der Waals surface area contributed by atoms with Gasteiger partial charge >= 0.3 is 0 Å². The molecule has 1 aromatic rings. The van der Waals surface area contributed by atoms with Crippen LogP contribution in [0.15, 0.2) is 24.3 Å². The van der Waals surface area contributed by atoms with Crippen LogP contribution in [0.25, 0.3) is 0 Å². The van der Waals surface area contributed by atoms with Gasteiger partial charge in [0, 0.05) is 50.6 Å². The largest absolute Gasteiger partial charge is 0.490 e. The smallest absolute Gasteiger partial charge is 0.253 e. The summed E-state index contributed by atoms with van der Waals surface area (Å²) in [4.78, 5) is 19.1. The van der Waals surface area contributed by atoms with Gasteiger partial charge in [-0.2, -0.15) is 11.8 Å². The molecule has 27 heavy (non-hydrogen) atoms. The number of thioether (sulfide) groups is 1. The minimum atomic E-state index is 0.0517. The molecule has 3 rings (SSSR count). The highest BCUT2D eigenvalue weighted by Crippen LogP contribution is 2.27. The maximum atomic E-state index is 12.6. The number of rotatable bonds is 7. The summed E-state index contributed by atoms with van der Waals surface area (Å²) >= 11 is 2.08. The molecule has 2 fully saturated rings. The van der Waals surface area contributed by atoms with Crippen molar-refractivity contribution in [3.05, 3.63) is 29.8 Å². The first-order valence-corrected chi connectivity index (χ1v) is 11.2. The molecular weight excluding hydrogens is 358 g/mol. The maximum absolute atomic E-state index is 12.6. The van der Waals surface area contributed by atoms with Gasteiger partial charge in [0.15, 0.2) is 0 Å². The van der Waals surface area contributed by atoms with Crippen molar-refractivity contribution in [2.45, 2.75) is 31.4 Å². The predicted octanol–water partition coefficient (Wildman–Crippen LogP) is 2.67. The van der Waals surface area contributed by atoms with E-state index in [9.17, 15) is 4.79 Å². The van der Waals surface area contributed by atoms with Gasteiger partial charge in [-0.05, 0) is 57.3 Å². The third-order valence-corrected chi connectivity index (χ3v) is 6.66. The van der Waals surface area contributed by atoms with Crippen molar-refractivity contribution in [3.63, 3.8) is 0 Å². The molecule has 2 aliphatic rings. The Kier molecular flexibility index (Phi) is 7.44. The molecule has 0 bridgehead atoms. The lowest BCUT2D eigenvalue weighted by Gasteiger charge is -2.35. The van der Waals surface area contributed by atoms with Gasteiger partial charge in [-0.15, -0.1) is 0 Å². The lowest BCUT2D eigenvalue weighted by atomic mass is 10.0.